The summed E-state index contributed by atoms with van der Waals surface area (Å²) < 4.78 is 18.8. The summed E-state index contributed by atoms with van der Waals surface area (Å²) in [5, 5.41) is 3.08. The number of nitrogens with one attached hydrogen (secondary N) is 1. The van der Waals surface area contributed by atoms with Crippen LogP contribution in [0.1, 0.15) is 33.2 Å². The van der Waals surface area contributed by atoms with E-state index in [2.05, 4.69) is 16.7 Å². The first kappa shape index (κ1) is 23.9. The van der Waals surface area contributed by atoms with E-state index in [1.807, 2.05) is 30.3 Å². The van der Waals surface area contributed by atoms with E-state index >= 15 is 0 Å². The van der Waals surface area contributed by atoms with Crippen molar-refractivity contribution in [3.05, 3.63) is 65.2 Å². The average Bonchev–Trinajstić information content (AvgIpc) is 2.74. The zero-order valence-electron chi connectivity index (χ0n) is 18.4. The number of nitrogen functional groups attached to an aromatic ring is 1. The Hall–Kier alpha value is -2.74. The van der Waals surface area contributed by atoms with Crippen molar-refractivity contribution >= 4 is 20.3 Å². The van der Waals surface area contributed by atoms with Gasteiger partial charge in [-0.25, -0.2) is 9.88 Å². The standard InChI is InChI=1S/C22H29N4O5P/c1-14(2)30-21(27)16(4)25-32(31-18-8-6-5-7-9-18)29-13-17-12-19(15(17)3)26-11-10-20(23)24-22(26)28/h5-11,14,16-17,19,25H,3,12-13H2,1-2,4H3,(H2,23,24,28). The van der Waals surface area contributed by atoms with Gasteiger partial charge in [0.25, 0.3) is 0 Å². The summed E-state index contributed by atoms with van der Waals surface area (Å²) in [6, 6.07) is 10.1. The summed E-state index contributed by atoms with van der Waals surface area (Å²) in [4.78, 5) is 28.1. The minimum atomic E-state index is -1.63. The third-order valence-corrected chi connectivity index (χ3v) is 6.33. The van der Waals surface area contributed by atoms with Crippen LogP contribution in [0.25, 0.3) is 0 Å². The van der Waals surface area contributed by atoms with Crippen molar-refractivity contribution in [2.24, 2.45) is 5.92 Å². The second kappa shape index (κ2) is 10.7. The van der Waals surface area contributed by atoms with Gasteiger partial charge in [0.05, 0.1) is 18.8 Å². The third-order valence-electron chi connectivity index (χ3n) is 4.98. The Morgan fingerprint density at radius 3 is 2.66 bits per heavy atom. The summed E-state index contributed by atoms with van der Waals surface area (Å²) >= 11 is 0. The van der Waals surface area contributed by atoms with Crippen molar-refractivity contribution in [1.82, 2.24) is 14.6 Å². The summed E-state index contributed by atoms with van der Waals surface area (Å²) in [7, 11) is -1.63. The van der Waals surface area contributed by atoms with Crippen molar-refractivity contribution < 1.29 is 18.6 Å². The summed E-state index contributed by atoms with van der Waals surface area (Å²) in [5.74, 6) is 0.487. The minimum Gasteiger partial charge on any atom is -0.462 e. The van der Waals surface area contributed by atoms with Crippen molar-refractivity contribution in [2.75, 3.05) is 12.3 Å². The number of nitrogens with zero attached hydrogens (tertiary/aromatic N) is 2. The van der Waals surface area contributed by atoms with Crippen molar-refractivity contribution in [3.63, 3.8) is 0 Å². The zero-order chi connectivity index (χ0) is 23.3. The van der Waals surface area contributed by atoms with E-state index in [1.165, 1.54) is 4.57 Å². The Morgan fingerprint density at radius 1 is 1.31 bits per heavy atom. The molecule has 1 aliphatic carbocycles. The maximum absolute atomic E-state index is 12.2. The van der Waals surface area contributed by atoms with Gasteiger partial charge in [0.15, 0.2) is 0 Å². The molecule has 1 fully saturated rings. The first-order chi connectivity index (χ1) is 15.2. The molecule has 3 N–H and O–H groups in total. The maximum Gasteiger partial charge on any atom is 0.350 e. The highest BCUT2D eigenvalue weighted by Crippen LogP contribution is 2.45. The zero-order valence-corrected chi connectivity index (χ0v) is 19.3. The summed E-state index contributed by atoms with van der Waals surface area (Å²) in [6.45, 7) is 9.76. The lowest BCUT2D eigenvalue weighted by atomic mass is 9.76. The van der Waals surface area contributed by atoms with Gasteiger partial charge in [-0.1, -0.05) is 24.8 Å². The van der Waals surface area contributed by atoms with Gasteiger partial charge >= 0.3 is 20.2 Å². The fourth-order valence-electron chi connectivity index (χ4n) is 3.18. The second-order valence-corrected chi connectivity index (χ2v) is 9.07. The first-order valence-corrected chi connectivity index (χ1v) is 11.6. The molecule has 1 aromatic carbocycles. The smallest absolute Gasteiger partial charge is 0.350 e. The molecule has 4 unspecified atom stereocenters. The topological polar surface area (TPSA) is 118 Å². The van der Waals surface area contributed by atoms with Crippen LogP contribution in [-0.4, -0.2) is 34.3 Å². The Bertz CT molecular complexity index is 997. The molecule has 1 aliphatic rings. The molecular formula is C22H29N4O5P. The molecule has 32 heavy (non-hydrogen) atoms. The van der Waals surface area contributed by atoms with Crippen LogP contribution in [-0.2, 0) is 14.1 Å². The van der Waals surface area contributed by atoms with Crippen LogP contribution in [0, 0.1) is 5.92 Å². The quantitative estimate of drug-likeness (QED) is 0.315. The highest BCUT2D eigenvalue weighted by molar-refractivity contribution is 7.45. The summed E-state index contributed by atoms with van der Waals surface area (Å²) in [5.41, 5.74) is 6.04. The van der Waals surface area contributed by atoms with E-state index in [0.29, 0.717) is 18.8 Å². The largest absolute Gasteiger partial charge is 0.462 e. The molecule has 3 rings (SSSR count). The number of nitrogens with two attached hydrogens (primary N) is 1. The number of hydrogen-bond acceptors (Lipinski definition) is 8. The molecule has 0 radical (unpaired) electrons. The molecule has 4 atom stereocenters. The SMILES string of the molecule is C=C1C(COP(NC(C)C(=O)OC(C)C)Oc2ccccc2)CC1n1ccc(N)nc1=O. The maximum atomic E-state index is 12.2. The molecule has 1 aromatic heterocycles. The molecule has 1 heterocycles. The predicted molar refractivity (Wildman–Crippen MR) is 123 cm³/mol. The fraction of sp³-hybridized carbons (Fsp3) is 0.409. The van der Waals surface area contributed by atoms with Gasteiger partial charge in [0.1, 0.15) is 17.6 Å². The number of rotatable bonds is 10. The molecule has 172 valence electrons. The number of carbonyl (C=O) groups excluding carboxylic acids is 1. The van der Waals surface area contributed by atoms with Crippen LogP contribution in [0.2, 0.25) is 0 Å². The monoisotopic (exact) mass is 460 g/mol. The third kappa shape index (κ3) is 6.16. The van der Waals surface area contributed by atoms with Crippen molar-refractivity contribution in [2.45, 2.75) is 45.4 Å². The molecule has 0 bridgehead atoms. The number of hydrogen-bond donors (Lipinski definition) is 2. The molecule has 0 aliphatic heterocycles. The Labute approximate surface area is 188 Å². The van der Waals surface area contributed by atoms with Crippen LogP contribution in [0.3, 0.4) is 0 Å². The number of carbonyl (C=O) groups is 1. The lowest BCUT2D eigenvalue weighted by Crippen LogP contribution is -2.39. The molecule has 10 heteroatoms. The van der Waals surface area contributed by atoms with Gasteiger partial charge in [-0.05, 0) is 51.0 Å². The van der Waals surface area contributed by atoms with E-state index in [-0.39, 0.29) is 29.9 Å². The van der Waals surface area contributed by atoms with E-state index in [0.717, 1.165) is 5.57 Å². The highest BCUT2D eigenvalue weighted by atomic mass is 31.2. The number of para-hydroxylation sites is 1. The molecule has 0 spiro atoms. The fourth-order valence-corrected chi connectivity index (χ4v) is 4.41. The number of aromatic nitrogens is 2. The van der Waals surface area contributed by atoms with Crippen molar-refractivity contribution in [1.29, 1.82) is 0 Å². The molecule has 0 saturated heterocycles. The van der Waals surface area contributed by atoms with E-state index in [1.54, 1.807) is 33.0 Å². The predicted octanol–water partition coefficient (Wildman–Crippen LogP) is 3.19. The van der Waals surface area contributed by atoms with Crippen molar-refractivity contribution in [3.8, 4) is 5.75 Å². The minimum absolute atomic E-state index is 0.0496. The van der Waals surface area contributed by atoms with Crippen LogP contribution in [0.5, 0.6) is 5.75 Å². The van der Waals surface area contributed by atoms with Gasteiger partial charge in [0.2, 0.25) is 0 Å². The first-order valence-electron chi connectivity index (χ1n) is 10.4. The van der Waals surface area contributed by atoms with Crippen LogP contribution in [0.4, 0.5) is 5.82 Å². The molecule has 1 saturated carbocycles. The van der Waals surface area contributed by atoms with Gasteiger partial charge in [0, 0.05) is 12.1 Å². The van der Waals surface area contributed by atoms with E-state index in [9.17, 15) is 9.59 Å². The van der Waals surface area contributed by atoms with Gasteiger partial charge < -0.3 is 19.5 Å². The van der Waals surface area contributed by atoms with Gasteiger partial charge in [-0.2, -0.15) is 4.98 Å². The second-order valence-electron chi connectivity index (χ2n) is 7.86. The Kier molecular flexibility index (Phi) is 8.01. The van der Waals surface area contributed by atoms with Crippen LogP contribution >= 0.6 is 8.53 Å². The number of esters is 1. The highest BCUT2D eigenvalue weighted by Gasteiger charge is 2.37. The van der Waals surface area contributed by atoms with Gasteiger partial charge in [-0.3, -0.25) is 9.36 Å². The Balaban J connectivity index is 1.60. The van der Waals surface area contributed by atoms with Crippen LogP contribution < -0.4 is 21.0 Å². The number of ether oxygens (including phenoxy) is 1. The normalized spacial score (nSPS) is 19.8. The van der Waals surface area contributed by atoms with E-state index in [4.69, 9.17) is 19.5 Å². The molecular weight excluding hydrogens is 431 g/mol. The number of anilines is 1. The molecule has 9 nitrogen and oxygen atoms in total. The van der Waals surface area contributed by atoms with Gasteiger partial charge in [-0.15, -0.1) is 0 Å². The molecule has 0 amide bonds. The van der Waals surface area contributed by atoms with Crippen LogP contribution in [0.15, 0.2) is 59.5 Å². The van der Waals surface area contributed by atoms with E-state index < -0.39 is 20.3 Å². The number of benzene rings is 1. The lowest BCUT2D eigenvalue weighted by molar-refractivity contribution is -0.149. The average molecular weight is 460 g/mol. The molecule has 2 aromatic rings. The lowest BCUT2D eigenvalue weighted by Gasteiger charge is -2.39. The summed E-state index contributed by atoms with van der Waals surface area (Å²) in [6.07, 6.45) is 2.10. The Morgan fingerprint density at radius 2 is 2.03 bits per heavy atom.